The van der Waals surface area contributed by atoms with E-state index in [1.165, 1.54) is 24.3 Å². The zero-order chi connectivity index (χ0) is 15.1. The van der Waals surface area contributed by atoms with E-state index in [0.717, 1.165) is 5.69 Å². The number of nitrogens with one attached hydrogen (secondary N) is 2. The number of amides is 1. The monoisotopic (exact) mass is 286 g/mol. The molecule has 0 unspecified atom stereocenters. The molecule has 0 spiro atoms. The number of pyridine rings is 1. The highest BCUT2D eigenvalue weighted by atomic mass is 16.6. The minimum absolute atomic E-state index is 0.0127. The topological polar surface area (TPSA) is 97.2 Å². The summed E-state index contributed by atoms with van der Waals surface area (Å²) in [5.41, 5.74) is 1.35. The summed E-state index contributed by atoms with van der Waals surface area (Å²) >= 11 is 0. The van der Waals surface area contributed by atoms with E-state index in [9.17, 15) is 14.9 Å². The number of non-ortho nitro benzene ring substituents is 1. The van der Waals surface area contributed by atoms with Crippen LogP contribution in [0.3, 0.4) is 0 Å². The normalized spacial score (nSPS) is 10.1. The van der Waals surface area contributed by atoms with Crippen LogP contribution in [-0.2, 0) is 11.3 Å². The number of carbonyl (C=O) groups excluding carboxylic acids is 1. The van der Waals surface area contributed by atoms with Gasteiger partial charge in [0.2, 0.25) is 5.91 Å². The summed E-state index contributed by atoms with van der Waals surface area (Å²) in [5, 5.41) is 16.1. The number of nitrogens with zero attached hydrogens (tertiary/aromatic N) is 2. The predicted octanol–water partition coefficient (Wildman–Crippen LogP) is 1.72. The van der Waals surface area contributed by atoms with Crippen LogP contribution >= 0.6 is 0 Å². The van der Waals surface area contributed by atoms with Crippen LogP contribution in [0.2, 0.25) is 0 Å². The summed E-state index contributed by atoms with van der Waals surface area (Å²) in [6.45, 7) is 0.627. The van der Waals surface area contributed by atoms with Gasteiger partial charge in [-0.2, -0.15) is 0 Å². The van der Waals surface area contributed by atoms with Crippen molar-refractivity contribution in [2.24, 2.45) is 0 Å². The third-order valence-corrected chi connectivity index (χ3v) is 2.68. The molecule has 0 radical (unpaired) electrons. The number of anilines is 1. The average molecular weight is 286 g/mol. The zero-order valence-corrected chi connectivity index (χ0v) is 11.2. The van der Waals surface area contributed by atoms with Crippen molar-refractivity contribution in [3.63, 3.8) is 0 Å². The van der Waals surface area contributed by atoms with Crippen LogP contribution in [0.1, 0.15) is 5.69 Å². The highest BCUT2D eigenvalue weighted by Gasteiger charge is 2.06. The van der Waals surface area contributed by atoms with E-state index in [4.69, 9.17) is 0 Å². The number of nitro groups is 1. The van der Waals surface area contributed by atoms with Crippen LogP contribution in [-0.4, -0.2) is 22.4 Å². The van der Waals surface area contributed by atoms with Gasteiger partial charge in [0.05, 0.1) is 17.2 Å². The molecule has 2 N–H and O–H groups in total. The zero-order valence-electron chi connectivity index (χ0n) is 11.2. The van der Waals surface area contributed by atoms with Crippen LogP contribution in [0.15, 0.2) is 48.7 Å². The third-order valence-electron chi connectivity index (χ3n) is 2.68. The number of carbonyl (C=O) groups is 1. The minimum atomic E-state index is -0.486. The third kappa shape index (κ3) is 4.66. The lowest BCUT2D eigenvalue weighted by Gasteiger charge is -2.06. The molecule has 0 bridgehead atoms. The summed E-state index contributed by atoms with van der Waals surface area (Å²) in [5.74, 6) is -0.222. The average Bonchev–Trinajstić information content (AvgIpc) is 2.49. The quantitative estimate of drug-likeness (QED) is 0.622. The molecular weight excluding hydrogens is 272 g/mol. The number of benzene rings is 1. The summed E-state index contributed by atoms with van der Waals surface area (Å²) < 4.78 is 0. The van der Waals surface area contributed by atoms with E-state index in [0.29, 0.717) is 12.2 Å². The Morgan fingerprint density at radius 1 is 1.19 bits per heavy atom. The van der Waals surface area contributed by atoms with Crippen molar-refractivity contribution in [2.45, 2.75) is 6.54 Å². The highest BCUT2D eigenvalue weighted by molar-refractivity contribution is 5.92. The van der Waals surface area contributed by atoms with Gasteiger partial charge in [-0.3, -0.25) is 19.9 Å². The molecule has 1 aromatic carbocycles. The van der Waals surface area contributed by atoms with Crippen LogP contribution in [0.25, 0.3) is 0 Å². The van der Waals surface area contributed by atoms with Gasteiger partial charge in [0, 0.05) is 30.6 Å². The predicted molar refractivity (Wildman–Crippen MR) is 77.7 cm³/mol. The van der Waals surface area contributed by atoms with Crippen LogP contribution in [0.5, 0.6) is 0 Å². The van der Waals surface area contributed by atoms with E-state index in [2.05, 4.69) is 15.6 Å². The first kappa shape index (κ1) is 14.6. The van der Waals surface area contributed by atoms with Gasteiger partial charge >= 0.3 is 0 Å². The maximum Gasteiger partial charge on any atom is 0.269 e. The Morgan fingerprint density at radius 2 is 1.95 bits per heavy atom. The van der Waals surface area contributed by atoms with E-state index < -0.39 is 4.92 Å². The van der Waals surface area contributed by atoms with Crippen LogP contribution < -0.4 is 10.6 Å². The number of rotatable bonds is 6. The molecule has 0 fully saturated rings. The molecule has 7 heteroatoms. The molecule has 1 aromatic heterocycles. The molecule has 0 aliphatic rings. The first-order valence-electron chi connectivity index (χ1n) is 6.30. The maximum absolute atomic E-state index is 11.7. The van der Waals surface area contributed by atoms with Gasteiger partial charge in [0.1, 0.15) is 0 Å². The fraction of sp³-hybridized carbons (Fsp3) is 0.143. The van der Waals surface area contributed by atoms with Crippen LogP contribution in [0.4, 0.5) is 11.4 Å². The van der Waals surface area contributed by atoms with E-state index in [1.807, 2.05) is 18.2 Å². The SMILES string of the molecule is O=C(CNCc1ccccn1)Nc1ccc([N+](=O)[O-])cc1. The molecule has 1 amide bonds. The molecule has 7 nitrogen and oxygen atoms in total. The van der Waals surface area contributed by atoms with Gasteiger partial charge in [0.15, 0.2) is 0 Å². The second kappa shape index (κ2) is 7.11. The molecule has 0 saturated carbocycles. The second-order valence-corrected chi connectivity index (χ2v) is 4.28. The Hall–Kier alpha value is -2.80. The Labute approximate surface area is 121 Å². The number of hydrogen-bond donors (Lipinski definition) is 2. The Bertz CT molecular complexity index is 614. The largest absolute Gasteiger partial charge is 0.325 e. The second-order valence-electron chi connectivity index (χ2n) is 4.28. The van der Waals surface area contributed by atoms with Gasteiger partial charge in [-0.1, -0.05) is 6.07 Å². The van der Waals surface area contributed by atoms with Crippen molar-refractivity contribution < 1.29 is 9.72 Å². The van der Waals surface area contributed by atoms with Gasteiger partial charge in [-0.25, -0.2) is 0 Å². The molecule has 108 valence electrons. The van der Waals surface area contributed by atoms with Crippen molar-refractivity contribution >= 4 is 17.3 Å². The lowest BCUT2D eigenvalue weighted by atomic mass is 10.3. The van der Waals surface area contributed by atoms with Gasteiger partial charge < -0.3 is 10.6 Å². The van der Waals surface area contributed by atoms with Crippen molar-refractivity contribution in [1.29, 1.82) is 0 Å². The van der Waals surface area contributed by atoms with Crippen molar-refractivity contribution in [1.82, 2.24) is 10.3 Å². The lowest BCUT2D eigenvalue weighted by Crippen LogP contribution is -2.27. The molecular formula is C14H14N4O3. The summed E-state index contributed by atoms with van der Waals surface area (Å²) in [6.07, 6.45) is 1.69. The van der Waals surface area contributed by atoms with Crippen molar-refractivity contribution in [3.05, 3.63) is 64.5 Å². The van der Waals surface area contributed by atoms with Gasteiger partial charge in [-0.15, -0.1) is 0 Å². The highest BCUT2D eigenvalue weighted by Crippen LogP contribution is 2.15. The van der Waals surface area contributed by atoms with Gasteiger partial charge in [0.25, 0.3) is 5.69 Å². The van der Waals surface area contributed by atoms with Crippen molar-refractivity contribution in [3.8, 4) is 0 Å². The van der Waals surface area contributed by atoms with E-state index in [-0.39, 0.29) is 18.1 Å². The van der Waals surface area contributed by atoms with Gasteiger partial charge in [-0.05, 0) is 24.3 Å². The molecule has 21 heavy (non-hydrogen) atoms. The summed E-state index contributed by atoms with van der Waals surface area (Å²) in [7, 11) is 0. The molecule has 0 saturated heterocycles. The minimum Gasteiger partial charge on any atom is -0.325 e. The fourth-order valence-corrected chi connectivity index (χ4v) is 1.68. The smallest absolute Gasteiger partial charge is 0.269 e. The molecule has 0 aliphatic carbocycles. The maximum atomic E-state index is 11.7. The Morgan fingerprint density at radius 3 is 2.57 bits per heavy atom. The Balaban J connectivity index is 1.78. The summed E-state index contributed by atoms with van der Waals surface area (Å²) in [6, 6.07) is 11.2. The molecule has 0 atom stereocenters. The molecule has 2 aromatic rings. The number of nitro benzene ring substituents is 1. The number of aromatic nitrogens is 1. The molecule has 0 aliphatic heterocycles. The fourth-order valence-electron chi connectivity index (χ4n) is 1.68. The van der Waals surface area contributed by atoms with Crippen molar-refractivity contribution in [2.75, 3.05) is 11.9 Å². The standard InChI is InChI=1S/C14H14N4O3/c19-14(10-15-9-12-3-1-2-8-16-12)17-11-4-6-13(7-5-11)18(20)21/h1-8,15H,9-10H2,(H,17,19). The first-order chi connectivity index (χ1) is 10.1. The summed E-state index contributed by atoms with van der Waals surface area (Å²) in [4.78, 5) is 25.8. The Kier molecular flexibility index (Phi) is 4.94. The molecule has 1 heterocycles. The van der Waals surface area contributed by atoms with E-state index in [1.54, 1.807) is 6.20 Å². The first-order valence-corrected chi connectivity index (χ1v) is 6.30. The van der Waals surface area contributed by atoms with E-state index >= 15 is 0 Å². The number of hydrogen-bond acceptors (Lipinski definition) is 5. The van der Waals surface area contributed by atoms with Crippen LogP contribution in [0, 0.1) is 10.1 Å². The lowest BCUT2D eigenvalue weighted by molar-refractivity contribution is -0.384. The molecule has 2 rings (SSSR count).